The predicted octanol–water partition coefficient (Wildman–Crippen LogP) is 2.29. The summed E-state index contributed by atoms with van der Waals surface area (Å²) in [5.74, 6) is 1.97. The minimum Gasteiger partial charge on any atom is -0.396 e. The van der Waals surface area contributed by atoms with Gasteiger partial charge < -0.3 is 25.6 Å². The molecule has 2 heterocycles. The normalized spacial score (nSPS) is 18.1. The summed E-state index contributed by atoms with van der Waals surface area (Å²) in [4.78, 5) is 11.2. The average molecular weight is 401 g/mol. The van der Waals surface area contributed by atoms with Gasteiger partial charge in [-0.05, 0) is 26.7 Å². The van der Waals surface area contributed by atoms with Gasteiger partial charge in [0.2, 0.25) is 0 Å². The van der Waals surface area contributed by atoms with Crippen molar-refractivity contribution < 1.29 is 14.9 Å². The van der Waals surface area contributed by atoms with Gasteiger partial charge in [0.1, 0.15) is 18.4 Å². The number of aliphatic hydroxyl groups is 2. The molecule has 1 aliphatic heterocycles. The van der Waals surface area contributed by atoms with Crippen molar-refractivity contribution in [3.63, 3.8) is 0 Å². The first-order chi connectivity index (χ1) is 12.5. The number of anilines is 1. The van der Waals surface area contributed by atoms with Crippen molar-refractivity contribution in [3.8, 4) is 0 Å². The van der Waals surface area contributed by atoms with Gasteiger partial charge in [0.15, 0.2) is 0 Å². The molecule has 1 fully saturated rings. The molecule has 1 aromatic rings. The third kappa shape index (κ3) is 6.31. The summed E-state index contributed by atoms with van der Waals surface area (Å²) < 4.78 is 5.65. The highest BCUT2D eigenvalue weighted by Gasteiger charge is 2.17. The first-order valence-corrected chi connectivity index (χ1v) is 11.0. The Balaban J connectivity index is 2.04. The van der Waals surface area contributed by atoms with Crippen LogP contribution in [0.25, 0.3) is 0 Å². The predicted molar refractivity (Wildman–Crippen MR) is 107 cm³/mol. The van der Waals surface area contributed by atoms with E-state index in [2.05, 4.69) is 9.97 Å². The van der Waals surface area contributed by atoms with Gasteiger partial charge >= 0.3 is 0 Å². The quantitative estimate of drug-likeness (QED) is 0.403. The summed E-state index contributed by atoms with van der Waals surface area (Å²) in [6.45, 7) is 4.93. The fraction of sp³-hybridized carbons (Fsp3) is 0.647. The second kappa shape index (κ2) is 11.0. The molecule has 0 aromatic carbocycles. The Morgan fingerprint density at radius 1 is 1.46 bits per heavy atom. The molecule has 0 bridgehead atoms. The Morgan fingerprint density at radius 3 is 2.88 bits per heavy atom. The van der Waals surface area contributed by atoms with Gasteiger partial charge in [0.05, 0.1) is 12.6 Å². The molecule has 0 saturated carbocycles. The largest absolute Gasteiger partial charge is 0.396 e. The Hall–Kier alpha value is -1.00. The van der Waals surface area contributed by atoms with Gasteiger partial charge in [-0.1, -0.05) is 21.6 Å². The standard InChI is InChI=1S/C17H28N4O3S2/c1-12(16(5-6-22)26-25-10-15-4-3-7-24-15)21(11-23)9-14-8-19-13(2)20-17(14)18/h8,15,22-23H,3-7,9-11H2,1-2H3,(H2,18,19,20)/b16-12-. The summed E-state index contributed by atoms with van der Waals surface area (Å²) in [6.07, 6.45) is 4.80. The molecular formula is C17H28N4O3S2. The fourth-order valence-electron chi connectivity index (χ4n) is 2.63. The molecule has 0 radical (unpaired) electrons. The van der Waals surface area contributed by atoms with Crippen LogP contribution >= 0.6 is 21.6 Å². The maximum atomic E-state index is 9.83. The number of hydrogen-bond acceptors (Lipinski definition) is 9. The van der Waals surface area contributed by atoms with Crippen molar-refractivity contribution in [1.82, 2.24) is 14.9 Å². The van der Waals surface area contributed by atoms with E-state index < -0.39 is 0 Å². The van der Waals surface area contributed by atoms with Gasteiger partial charge in [0.25, 0.3) is 0 Å². The van der Waals surface area contributed by atoms with Crippen molar-refractivity contribution in [2.45, 2.75) is 45.8 Å². The number of ether oxygens (including phenoxy) is 1. The maximum Gasteiger partial charge on any atom is 0.132 e. The van der Waals surface area contributed by atoms with Crippen molar-refractivity contribution in [1.29, 1.82) is 0 Å². The molecule has 1 unspecified atom stereocenters. The van der Waals surface area contributed by atoms with E-state index in [9.17, 15) is 10.2 Å². The molecule has 0 aliphatic carbocycles. The van der Waals surface area contributed by atoms with Crippen LogP contribution in [0.4, 0.5) is 5.82 Å². The van der Waals surface area contributed by atoms with Crippen LogP contribution in [0.15, 0.2) is 16.8 Å². The van der Waals surface area contributed by atoms with Crippen LogP contribution in [0.3, 0.4) is 0 Å². The van der Waals surface area contributed by atoms with E-state index in [0.29, 0.717) is 30.7 Å². The van der Waals surface area contributed by atoms with E-state index in [-0.39, 0.29) is 13.3 Å². The molecular weight excluding hydrogens is 372 g/mol. The van der Waals surface area contributed by atoms with Crippen LogP contribution in [0.5, 0.6) is 0 Å². The number of hydrogen-bond donors (Lipinski definition) is 3. The third-order valence-electron chi connectivity index (χ3n) is 4.20. The summed E-state index contributed by atoms with van der Waals surface area (Å²) in [5.41, 5.74) is 7.66. The number of nitrogens with two attached hydrogens (primary N) is 1. The lowest BCUT2D eigenvalue weighted by Gasteiger charge is -2.26. The lowest BCUT2D eigenvalue weighted by Crippen LogP contribution is -2.24. The molecule has 4 N–H and O–H groups in total. The Bertz CT molecular complexity index is 610. The van der Waals surface area contributed by atoms with Crippen molar-refractivity contribution in [3.05, 3.63) is 28.2 Å². The van der Waals surface area contributed by atoms with Crippen LogP contribution in [0.2, 0.25) is 0 Å². The molecule has 1 aromatic heterocycles. The smallest absolute Gasteiger partial charge is 0.132 e. The molecule has 146 valence electrons. The molecule has 1 saturated heterocycles. The van der Waals surface area contributed by atoms with Crippen LogP contribution in [0.1, 0.15) is 37.6 Å². The zero-order chi connectivity index (χ0) is 18.9. The Labute approximate surface area is 162 Å². The highest BCUT2D eigenvalue weighted by molar-refractivity contribution is 8.78. The van der Waals surface area contributed by atoms with E-state index >= 15 is 0 Å². The number of aliphatic hydroxyl groups excluding tert-OH is 2. The van der Waals surface area contributed by atoms with Gasteiger partial charge in [-0.15, -0.1) is 0 Å². The number of aryl methyl sites for hydroxylation is 1. The zero-order valence-electron chi connectivity index (χ0n) is 15.3. The maximum absolute atomic E-state index is 9.83. The molecule has 7 nitrogen and oxygen atoms in total. The van der Waals surface area contributed by atoms with Crippen LogP contribution in [-0.2, 0) is 11.3 Å². The number of nitrogens with zero attached hydrogens (tertiary/aromatic N) is 3. The van der Waals surface area contributed by atoms with Gasteiger partial charge in [0, 0.05) is 47.7 Å². The number of rotatable bonds is 10. The Kier molecular flexibility index (Phi) is 9.00. The second-order valence-corrected chi connectivity index (χ2v) is 8.59. The first-order valence-electron chi connectivity index (χ1n) is 8.70. The van der Waals surface area contributed by atoms with Crippen LogP contribution < -0.4 is 5.73 Å². The summed E-state index contributed by atoms with van der Waals surface area (Å²) in [5, 5.41) is 19.2. The SMILES string of the molecule is C/C(=C(\CCO)SSCC1CCCO1)N(CO)Cc1cnc(C)nc1N. The van der Waals surface area contributed by atoms with Crippen molar-refractivity contribution in [2.75, 3.05) is 31.4 Å². The van der Waals surface area contributed by atoms with Crippen molar-refractivity contribution >= 4 is 27.4 Å². The number of aromatic nitrogens is 2. The van der Waals surface area contributed by atoms with Gasteiger partial charge in [-0.25, -0.2) is 9.97 Å². The molecule has 0 spiro atoms. The lowest BCUT2D eigenvalue weighted by molar-refractivity contribution is 0.129. The molecule has 1 atom stereocenters. The van der Waals surface area contributed by atoms with E-state index in [1.807, 2.05) is 11.8 Å². The number of nitrogen functional groups attached to an aromatic ring is 1. The molecule has 2 rings (SSSR count). The van der Waals surface area contributed by atoms with E-state index in [0.717, 1.165) is 41.4 Å². The minimum absolute atomic E-state index is 0.0647. The molecule has 9 heteroatoms. The fourth-order valence-corrected chi connectivity index (χ4v) is 5.38. The van der Waals surface area contributed by atoms with Crippen LogP contribution in [-0.4, -0.2) is 56.9 Å². The highest BCUT2D eigenvalue weighted by Crippen LogP contribution is 2.37. The lowest BCUT2D eigenvalue weighted by atomic mass is 10.2. The van der Waals surface area contributed by atoms with Gasteiger partial charge in [-0.2, -0.15) is 0 Å². The summed E-state index contributed by atoms with van der Waals surface area (Å²) >= 11 is 0. The number of allylic oxidation sites excluding steroid dienone is 1. The topological polar surface area (TPSA) is 105 Å². The van der Waals surface area contributed by atoms with E-state index in [4.69, 9.17) is 10.5 Å². The summed E-state index contributed by atoms with van der Waals surface area (Å²) in [6, 6.07) is 0. The third-order valence-corrected chi connectivity index (χ3v) is 6.90. The zero-order valence-corrected chi connectivity index (χ0v) is 17.0. The van der Waals surface area contributed by atoms with E-state index in [1.165, 1.54) is 0 Å². The highest BCUT2D eigenvalue weighted by atomic mass is 33.1. The van der Waals surface area contributed by atoms with Crippen LogP contribution in [0, 0.1) is 6.92 Å². The second-order valence-electron chi connectivity index (χ2n) is 6.15. The molecule has 26 heavy (non-hydrogen) atoms. The van der Waals surface area contributed by atoms with Gasteiger partial charge in [-0.3, -0.25) is 0 Å². The van der Waals surface area contributed by atoms with Crippen molar-refractivity contribution in [2.24, 2.45) is 0 Å². The average Bonchev–Trinajstić information content (AvgIpc) is 3.13. The first kappa shape index (κ1) is 21.3. The Morgan fingerprint density at radius 2 is 2.27 bits per heavy atom. The monoisotopic (exact) mass is 400 g/mol. The molecule has 1 aliphatic rings. The molecule has 0 amide bonds. The minimum atomic E-state index is -0.148. The van der Waals surface area contributed by atoms with E-state index in [1.54, 1.807) is 34.7 Å². The summed E-state index contributed by atoms with van der Waals surface area (Å²) in [7, 11) is 3.37.